The highest BCUT2D eigenvalue weighted by molar-refractivity contribution is 7.92. The van der Waals surface area contributed by atoms with Gasteiger partial charge < -0.3 is 10.1 Å². The van der Waals surface area contributed by atoms with E-state index in [0.29, 0.717) is 18.5 Å². The Morgan fingerprint density at radius 3 is 2.36 bits per heavy atom. The normalized spacial score (nSPS) is 18.1. The first-order valence-corrected chi connectivity index (χ1v) is 13.5. The fraction of sp³-hybridized carbons (Fsp3) is 0.500. The highest BCUT2D eigenvalue weighted by Crippen LogP contribution is 2.42. The summed E-state index contributed by atoms with van der Waals surface area (Å²) < 4.78 is 33.3. The number of nitrogens with zero attached hydrogens (tertiary/aromatic N) is 1. The van der Waals surface area contributed by atoms with Crippen LogP contribution in [0, 0.1) is 13.8 Å². The first-order chi connectivity index (χ1) is 15.5. The summed E-state index contributed by atoms with van der Waals surface area (Å²) in [6.45, 7) is 9.94. The largest absolute Gasteiger partial charge is 0.487 e. The minimum Gasteiger partial charge on any atom is -0.487 e. The van der Waals surface area contributed by atoms with Crippen LogP contribution >= 0.6 is 0 Å². The van der Waals surface area contributed by atoms with E-state index >= 15 is 0 Å². The maximum atomic E-state index is 13.6. The average Bonchev–Trinajstić information content (AvgIpc) is 2.78. The van der Waals surface area contributed by atoms with Crippen LogP contribution in [0.4, 0.5) is 5.69 Å². The zero-order valence-corrected chi connectivity index (χ0v) is 21.3. The molecule has 0 spiro atoms. The Balaban J connectivity index is 1.97. The molecule has 1 N–H and O–H groups in total. The Hall–Kier alpha value is -2.54. The van der Waals surface area contributed by atoms with E-state index in [2.05, 4.69) is 19.2 Å². The maximum Gasteiger partial charge on any atom is 0.244 e. The fourth-order valence-electron chi connectivity index (χ4n) is 4.62. The third-order valence-electron chi connectivity index (χ3n) is 6.88. The summed E-state index contributed by atoms with van der Waals surface area (Å²) in [4.78, 5) is 13.6. The molecular formula is C26H36N2O4S. The van der Waals surface area contributed by atoms with Gasteiger partial charge in [-0.25, -0.2) is 8.42 Å². The van der Waals surface area contributed by atoms with E-state index in [1.807, 2.05) is 57.2 Å². The minimum absolute atomic E-state index is 0.252. The number of aryl methyl sites for hydroxylation is 2. The molecule has 7 heteroatoms. The van der Waals surface area contributed by atoms with E-state index in [9.17, 15) is 13.2 Å². The molecule has 2 aromatic rings. The Morgan fingerprint density at radius 2 is 1.79 bits per heavy atom. The fourth-order valence-corrected chi connectivity index (χ4v) is 5.82. The lowest BCUT2D eigenvalue weighted by Gasteiger charge is -2.42. The number of ether oxygens (including phenoxy) is 1. The predicted octanol–water partition coefficient (Wildman–Crippen LogP) is 5.05. The standard InChI is InChI=1S/C26H36N2O4S/c1-7-23(28(33(6,30)31)20-15-14-18(4)19(5)16-20)25(29)27-22-17-26(8-2,9-3)32-24-13-11-10-12-21(22)24/h10-16,22-23H,7-9,17H2,1-6H3,(H,27,29)/t22-,23+/m0/s1. The average molecular weight is 473 g/mol. The van der Waals surface area contributed by atoms with Gasteiger partial charge in [-0.05, 0) is 62.4 Å². The van der Waals surface area contributed by atoms with Crippen LogP contribution in [-0.2, 0) is 14.8 Å². The van der Waals surface area contributed by atoms with Crippen LogP contribution in [0.2, 0.25) is 0 Å². The molecule has 2 aromatic carbocycles. The summed E-state index contributed by atoms with van der Waals surface area (Å²) in [6, 6.07) is 12.1. The van der Waals surface area contributed by atoms with Gasteiger partial charge in [0, 0.05) is 12.0 Å². The van der Waals surface area contributed by atoms with Gasteiger partial charge >= 0.3 is 0 Å². The number of fused-ring (bicyclic) bond motifs is 1. The van der Waals surface area contributed by atoms with Crippen LogP contribution in [0.15, 0.2) is 42.5 Å². The van der Waals surface area contributed by atoms with Gasteiger partial charge in [0.2, 0.25) is 15.9 Å². The molecule has 0 aliphatic carbocycles. The lowest BCUT2D eigenvalue weighted by molar-refractivity contribution is -0.123. The van der Waals surface area contributed by atoms with Crippen LogP contribution in [0.25, 0.3) is 0 Å². The van der Waals surface area contributed by atoms with Gasteiger partial charge in [-0.2, -0.15) is 0 Å². The van der Waals surface area contributed by atoms with E-state index in [1.54, 1.807) is 6.07 Å². The molecule has 0 aromatic heterocycles. The molecule has 1 amide bonds. The van der Waals surface area contributed by atoms with Crippen molar-refractivity contribution < 1.29 is 17.9 Å². The zero-order valence-electron chi connectivity index (χ0n) is 20.5. The third-order valence-corrected chi connectivity index (χ3v) is 8.06. The monoisotopic (exact) mass is 472 g/mol. The van der Waals surface area contributed by atoms with Gasteiger partial charge in [-0.3, -0.25) is 9.10 Å². The molecule has 1 aliphatic heterocycles. The predicted molar refractivity (Wildman–Crippen MR) is 133 cm³/mol. The van der Waals surface area contributed by atoms with Gasteiger partial charge in [-0.1, -0.05) is 45.0 Å². The van der Waals surface area contributed by atoms with Gasteiger partial charge in [0.25, 0.3) is 0 Å². The van der Waals surface area contributed by atoms with Crippen molar-refractivity contribution >= 4 is 21.6 Å². The van der Waals surface area contributed by atoms with Crippen LogP contribution in [0.1, 0.15) is 69.2 Å². The SMILES string of the molecule is CC[C@H](C(=O)N[C@H]1CC(CC)(CC)Oc2ccccc21)N(c1ccc(C)c(C)c1)S(C)(=O)=O. The Morgan fingerprint density at radius 1 is 1.12 bits per heavy atom. The van der Waals surface area contributed by atoms with Crippen LogP contribution < -0.4 is 14.4 Å². The van der Waals surface area contributed by atoms with Crippen molar-refractivity contribution in [2.24, 2.45) is 0 Å². The number of rotatable bonds is 8. The smallest absolute Gasteiger partial charge is 0.244 e. The molecule has 1 heterocycles. The van der Waals surface area contributed by atoms with E-state index in [0.717, 1.165) is 41.5 Å². The quantitative estimate of drug-likeness (QED) is 0.584. The number of amides is 1. The van der Waals surface area contributed by atoms with Crippen molar-refractivity contribution in [2.45, 2.75) is 78.0 Å². The molecule has 2 atom stereocenters. The molecule has 0 radical (unpaired) electrons. The Bertz CT molecular complexity index is 1110. The zero-order chi connectivity index (χ0) is 24.4. The van der Waals surface area contributed by atoms with Crippen molar-refractivity contribution in [1.29, 1.82) is 0 Å². The number of anilines is 1. The summed E-state index contributed by atoms with van der Waals surface area (Å²) >= 11 is 0. The number of sulfonamides is 1. The number of para-hydroxylation sites is 1. The number of nitrogens with one attached hydrogen (secondary N) is 1. The molecular weight excluding hydrogens is 436 g/mol. The Labute approximate surface area is 198 Å². The van der Waals surface area contributed by atoms with Crippen molar-refractivity contribution in [1.82, 2.24) is 5.32 Å². The third kappa shape index (κ3) is 5.18. The molecule has 0 saturated heterocycles. The van der Waals surface area contributed by atoms with E-state index in [4.69, 9.17) is 4.74 Å². The highest BCUT2D eigenvalue weighted by Gasteiger charge is 2.40. The van der Waals surface area contributed by atoms with E-state index < -0.39 is 16.1 Å². The molecule has 0 unspecified atom stereocenters. The van der Waals surface area contributed by atoms with Crippen LogP contribution in [0.3, 0.4) is 0 Å². The first-order valence-electron chi connectivity index (χ1n) is 11.7. The molecule has 0 fully saturated rings. The molecule has 3 rings (SSSR count). The summed E-state index contributed by atoms with van der Waals surface area (Å²) in [5.74, 6) is 0.476. The first kappa shape index (κ1) is 25.1. The molecule has 6 nitrogen and oxygen atoms in total. The molecule has 0 saturated carbocycles. The van der Waals surface area contributed by atoms with Crippen molar-refractivity contribution in [3.63, 3.8) is 0 Å². The second kappa shape index (κ2) is 9.75. The summed E-state index contributed by atoms with van der Waals surface area (Å²) in [5.41, 5.74) is 3.12. The highest BCUT2D eigenvalue weighted by atomic mass is 32.2. The minimum atomic E-state index is -3.69. The van der Waals surface area contributed by atoms with Crippen molar-refractivity contribution in [3.05, 3.63) is 59.2 Å². The Kier molecular flexibility index (Phi) is 7.42. The van der Waals surface area contributed by atoms with Crippen LogP contribution in [0.5, 0.6) is 5.75 Å². The van der Waals surface area contributed by atoms with Crippen molar-refractivity contribution in [3.8, 4) is 5.75 Å². The second-order valence-corrected chi connectivity index (χ2v) is 10.9. The van der Waals surface area contributed by atoms with Crippen molar-refractivity contribution in [2.75, 3.05) is 10.6 Å². The lowest BCUT2D eigenvalue weighted by Crippen LogP contribution is -2.52. The van der Waals surface area contributed by atoms with Gasteiger partial charge in [0.1, 0.15) is 17.4 Å². The number of carbonyl (C=O) groups is 1. The van der Waals surface area contributed by atoms with E-state index in [-0.39, 0.29) is 17.6 Å². The summed E-state index contributed by atoms with van der Waals surface area (Å²) in [6.07, 6.45) is 3.78. The topological polar surface area (TPSA) is 75.7 Å². The molecule has 1 aliphatic rings. The molecule has 33 heavy (non-hydrogen) atoms. The second-order valence-electron chi connectivity index (χ2n) is 9.05. The molecule has 180 valence electrons. The maximum absolute atomic E-state index is 13.6. The van der Waals surface area contributed by atoms with Gasteiger partial charge in [-0.15, -0.1) is 0 Å². The molecule has 0 bridgehead atoms. The van der Waals surface area contributed by atoms with Crippen LogP contribution in [-0.4, -0.2) is 32.2 Å². The van der Waals surface area contributed by atoms with E-state index in [1.165, 1.54) is 4.31 Å². The number of benzene rings is 2. The summed E-state index contributed by atoms with van der Waals surface area (Å²) in [7, 11) is -3.69. The number of carbonyl (C=O) groups excluding carboxylic acids is 1. The summed E-state index contributed by atoms with van der Waals surface area (Å²) in [5, 5.41) is 3.17. The number of hydrogen-bond acceptors (Lipinski definition) is 4. The lowest BCUT2D eigenvalue weighted by atomic mass is 9.83. The number of hydrogen-bond donors (Lipinski definition) is 1. The van der Waals surface area contributed by atoms with Gasteiger partial charge in [0.05, 0.1) is 18.0 Å². The van der Waals surface area contributed by atoms with Gasteiger partial charge in [0.15, 0.2) is 0 Å².